The molecule has 0 atom stereocenters. The van der Waals surface area contributed by atoms with E-state index < -0.39 is 15.2 Å². The summed E-state index contributed by atoms with van der Waals surface area (Å²) in [6.07, 6.45) is 85.6. The Balaban J connectivity index is 0.00000109. The number of hydrogen-bond acceptors (Lipinski definition) is 8. The monoisotopic (exact) mass is 1570 g/mol. The van der Waals surface area contributed by atoms with E-state index in [0.29, 0.717) is 37.9 Å². The van der Waals surface area contributed by atoms with E-state index >= 15 is 0 Å². The molecule has 0 aliphatic heterocycles. The second-order valence-electron chi connectivity index (χ2n) is 37.2. The lowest BCUT2D eigenvalue weighted by Crippen LogP contribution is -2.18. The number of phenolic OH excluding ortho intramolecular Hbond substituents is 2. The molecule has 0 saturated carbocycles. The Morgan fingerprint density at radius 3 is 0.550 bits per heavy atom. The van der Waals surface area contributed by atoms with Crippen molar-refractivity contribution in [2.24, 2.45) is 0 Å². The van der Waals surface area contributed by atoms with Gasteiger partial charge < -0.3 is 28.3 Å². The molecule has 8 nitrogen and oxygen atoms in total. The Morgan fingerprint density at radius 2 is 0.385 bits per heavy atom. The van der Waals surface area contributed by atoms with Crippen LogP contribution in [0, 0.1) is 6.92 Å². The third-order valence-corrected chi connectivity index (χ3v) is 26.7. The van der Waals surface area contributed by atoms with E-state index in [0.717, 1.165) is 84.7 Å². The number of aromatic hydroxyl groups is 2. The summed E-state index contributed by atoms with van der Waals surface area (Å²) in [6, 6.07) is 8.03. The van der Waals surface area contributed by atoms with E-state index in [4.69, 9.17) is 18.1 Å². The Morgan fingerprint density at radius 1 is 0.239 bits per heavy atom. The fourth-order valence-corrected chi connectivity index (χ4v) is 19.0. The highest BCUT2D eigenvalue weighted by atomic mass is 31.2. The molecule has 0 aliphatic carbocycles. The summed E-state index contributed by atoms with van der Waals surface area (Å²) in [5.41, 5.74) is 4.64. The molecule has 10 heteroatoms. The Labute approximate surface area is 680 Å². The Hall–Kier alpha value is -1.66. The molecular formula is C99H188O8P2. The largest absolute Gasteiger partial charge is 0.507 e. The van der Waals surface area contributed by atoms with Crippen LogP contribution in [0.2, 0.25) is 0 Å². The van der Waals surface area contributed by atoms with Gasteiger partial charge in [-0.05, 0) is 82.2 Å². The third kappa shape index (κ3) is 60.5. The number of phenols is 2. The lowest BCUT2D eigenvalue weighted by Gasteiger charge is -2.29. The SMILES string of the molecule is CCCCCCCCCCCCCCCCCCOP(=O)(Cc1cc(C(C)(C)C)c(O)c(C(C)(C)C)c1)OCCCCCCCCCCCCCCCCCC.CCCCCCCCCCCCCCCCCCOP(=O)(Cc1cc(C)c(O)c(C(C)(C)C)c1)OCCCCCCCCCCCCCCCCCC. The maximum atomic E-state index is 14.4. The lowest BCUT2D eigenvalue weighted by atomic mass is 9.78. The van der Waals surface area contributed by atoms with Gasteiger partial charge in [0.2, 0.25) is 0 Å². The van der Waals surface area contributed by atoms with E-state index in [1.807, 2.05) is 31.2 Å². The molecule has 109 heavy (non-hydrogen) atoms. The van der Waals surface area contributed by atoms with Crippen LogP contribution >= 0.6 is 15.2 Å². The zero-order valence-corrected chi connectivity index (χ0v) is 77.3. The Bertz CT molecular complexity index is 2330. The van der Waals surface area contributed by atoms with Crippen LogP contribution in [0.4, 0.5) is 0 Å². The first-order valence-electron chi connectivity index (χ1n) is 47.9. The van der Waals surface area contributed by atoms with E-state index in [2.05, 4.69) is 90.0 Å². The van der Waals surface area contributed by atoms with Gasteiger partial charge in [0.15, 0.2) is 0 Å². The molecule has 642 valence electrons. The molecular weight excluding hydrogens is 1380 g/mol. The molecule has 0 spiro atoms. The zero-order valence-electron chi connectivity index (χ0n) is 75.5. The van der Waals surface area contributed by atoms with Crippen LogP contribution in [0.1, 0.15) is 534 Å². The molecule has 2 aromatic rings. The van der Waals surface area contributed by atoms with Crippen molar-refractivity contribution in [2.75, 3.05) is 26.4 Å². The fraction of sp³-hybridized carbons (Fsp3) is 0.879. The predicted molar refractivity (Wildman–Crippen MR) is 482 cm³/mol. The highest BCUT2D eigenvalue weighted by molar-refractivity contribution is 7.53. The van der Waals surface area contributed by atoms with E-state index in [1.54, 1.807) is 0 Å². The number of benzene rings is 2. The topological polar surface area (TPSA) is 112 Å². The first-order chi connectivity index (χ1) is 52.5. The van der Waals surface area contributed by atoms with Crippen LogP contribution in [-0.2, 0) is 55.8 Å². The minimum atomic E-state index is -3.36. The van der Waals surface area contributed by atoms with E-state index in [-0.39, 0.29) is 28.6 Å². The smallest absolute Gasteiger partial charge is 0.335 e. The maximum Gasteiger partial charge on any atom is 0.335 e. The zero-order chi connectivity index (χ0) is 80.3. The van der Waals surface area contributed by atoms with Gasteiger partial charge in [0.25, 0.3) is 0 Å². The third-order valence-electron chi connectivity index (χ3n) is 22.8. The maximum absolute atomic E-state index is 14.4. The molecule has 0 radical (unpaired) electrons. The Kier molecular flexibility index (Phi) is 67.1. The molecule has 2 rings (SSSR count). The van der Waals surface area contributed by atoms with Gasteiger partial charge in [-0.2, -0.15) is 0 Å². The molecule has 2 N–H and O–H groups in total. The second kappa shape index (κ2) is 69.5. The lowest BCUT2D eigenvalue weighted by molar-refractivity contribution is 0.195. The van der Waals surface area contributed by atoms with Crippen molar-refractivity contribution in [2.45, 2.75) is 536 Å². The van der Waals surface area contributed by atoms with E-state index in [1.165, 1.54) is 360 Å². The van der Waals surface area contributed by atoms with Crippen molar-refractivity contribution in [1.82, 2.24) is 0 Å². The molecule has 0 aromatic heterocycles. The van der Waals surface area contributed by atoms with Gasteiger partial charge in [-0.15, -0.1) is 0 Å². The number of hydrogen-bond donors (Lipinski definition) is 2. The molecule has 0 saturated heterocycles. The van der Waals surface area contributed by atoms with Crippen molar-refractivity contribution in [3.8, 4) is 11.5 Å². The van der Waals surface area contributed by atoms with Gasteiger partial charge in [0.05, 0.1) is 38.8 Å². The summed E-state index contributed by atoms with van der Waals surface area (Å²) in [4.78, 5) is 0. The van der Waals surface area contributed by atoms with E-state index in [9.17, 15) is 19.3 Å². The minimum Gasteiger partial charge on any atom is -0.507 e. The molecule has 0 unspecified atom stereocenters. The van der Waals surface area contributed by atoms with Crippen molar-refractivity contribution in [1.29, 1.82) is 0 Å². The highest BCUT2D eigenvalue weighted by Gasteiger charge is 2.32. The summed E-state index contributed by atoms with van der Waals surface area (Å²) in [5.74, 6) is 0.686. The van der Waals surface area contributed by atoms with Crippen LogP contribution in [0.5, 0.6) is 11.5 Å². The van der Waals surface area contributed by atoms with Gasteiger partial charge in [-0.1, -0.05) is 500 Å². The van der Waals surface area contributed by atoms with Crippen LogP contribution in [0.25, 0.3) is 0 Å². The standard InChI is InChI=1S/C51H97O4P.C48H91O4P/c1-9-11-13-15-17-19-21-23-25-27-29-31-33-35-37-39-41-54-56(53,45-46-43-47(50(3,4)5)49(52)48(44-46)51(6,7)8)55-42-40-38-36-34-32-30-28-26-24-22-20-18-16-14-12-10-2;1-7-9-11-13-15-17-19-21-23-25-27-29-31-33-35-37-39-51-53(50,43-45-41-44(3)47(49)46(42-45)48(4,5)6)52-40-38-36-34-32-30-28-26-24-22-20-18-16-14-12-10-8-2/h43-44,52H,9-42,45H2,1-8H3;41-42,49H,7-40,43H2,1-6H3. The van der Waals surface area contributed by atoms with Gasteiger partial charge in [-0.3, -0.25) is 9.13 Å². The van der Waals surface area contributed by atoms with Crippen LogP contribution in [0.3, 0.4) is 0 Å². The number of unbranched alkanes of at least 4 members (excludes halogenated alkanes) is 60. The van der Waals surface area contributed by atoms with Gasteiger partial charge >= 0.3 is 15.2 Å². The number of aryl methyl sites for hydroxylation is 1. The molecule has 0 fully saturated rings. The van der Waals surface area contributed by atoms with Crippen LogP contribution < -0.4 is 0 Å². The molecule has 2 aromatic carbocycles. The van der Waals surface area contributed by atoms with Gasteiger partial charge in [0, 0.05) is 0 Å². The molecule has 0 bridgehead atoms. The molecule has 0 heterocycles. The van der Waals surface area contributed by atoms with Gasteiger partial charge in [0.1, 0.15) is 11.5 Å². The van der Waals surface area contributed by atoms with Crippen molar-refractivity contribution >= 4 is 15.2 Å². The highest BCUT2D eigenvalue weighted by Crippen LogP contribution is 2.54. The van der Waals surface area contributed by atoms with Gasteiger partial charge in [-0.25, -0.2) is 0 Å². The van der Waals surface area contributed by atoms with Crippen LogP contribution in [-0.4, -0.2) is 36.6 Å². The average Bonchev–Trinajstić information content (AvgIpc) is 0.788. The van der Waals surface area contributed by atoms with Crippen molar-refractivity contribution < 1.29 is 37.4 Å². The molecule has 0 aliphatic rings. The summed E-state index contributed by atoms with van der Waals surface area (Å²) in [5, 5.41) is 22.0. The molecule has 0 amide bonds. The fourth-order valence-electron chi connectivity index (χ4n) is 15.6. The average molecular weight is 1570 g/mol. The normalized spacial score (nSPS) is 12.4. The first kappa shape index (κ1) is 105. The van der Waals surface area contributed by atoms with Crippen molar-refractivity contribution in [3.63, 3.8) is 0 Å². The quantitative estimate of drug-likeness (QED) is 0.0498. The second-order valence-corrected chi connectivity index (χ2v) is 41.3. The summed E-state index contributed by atoms with van der Waals surface area (Å²) in [7, 11) is -6.67. The van der Waals surface area contributed by atoms with Crippen molar-refractivity contribution in [3.05, 3.63) is 57.6 Å². The summed E-state index contributed by atoms with van der Waals surface area (Å²) < 4.78 is 53.3. The summed E-state index contributed by atoms with van der Waals surface area (Å²) in [6.45, 7) is 32.1. The number of rotatable bonds is 76. The summed E-state index contributed by atoms with van der Waals surface area (Å²) >= 11 is 0. The minimum absolute atomic E-state index is 0.211. The predicted octanol–water partition coefficient (Wildman–Crippen LogP) is 35.5. The van der Waals surface area contributed by atoms with Crippen LogP contribution in [0.15, 0.2) is 24.3 Å². The first-order valence-corrected chi connectivity index (χ1v) is 51.4.